The fourth-order valence-corrected chi connectivity index (χ4v) is 3.08. The predicted octanol–water partition coefficient (Wildman–Crippen LogP) is 4.14. The van der Waals surface area contributed by atoms with E-state index in [1.165, 1.54) is 11.3 Å². The second kappa shape index (κ2) is 4.86. The van der Waals surface area contributed by atoms with Crippen LogP contribution in [0, 0.1) is 0 Å². The van der Waals surface area contributed by atoms with Crippen molar-refractivity contribution in [1.82, 2.24) is 0 Å². The minimum absolute atomic E-state index is 0.0126. The van der Waals surface area contributed by atoms with Crippen LogP contribution in [0.2, 0.25) is 0 Å². The monoisotopic (exact) mass is 268 g/mol. The Morgan fingerprint density at radius 3 is 2.58 bits per heavy atom. The number of para-hydroxylation sites is 1. The molecule has 0 aliphatic heterocycles. The van der Waals surface area contributed by atoms with Gasteiger partial charge in [0.05, 0.1) is 17.6 Å². The highest BCUT2D eigenvalue weighted by atomic mass is 32.1. The summed E-state index contributed by atoms with van der Waals surface area (Å²) in [7, 11) is 1.58. The van der Waals surface area contributed by atoms with Crippen LogP contribution in [0.25, 0.3) is 10.1 Å². The van der Waals surface area contributed by atoms with Crippen LogP contribution in [0.3, 0.4) is 0 Å². The Morgan fingerprint density at radius 1 is 1.05 bits per heavy atom. The molecule has 0 fully saturated rings. The highest BCUT2D eigenvalue weighted by molar-refractivity contribution is 7.21. The van der Waals surface area contributed by atoms with Gasteiger partial charge in [-0.15, -0.1) is 11.3 Å². The molecule has 0 radical (unpaired) electrons. The molecule has 0 amide bonds. The number of ether oxygens (including phenoxy) is 1. The van der Waals surface area contributed by atoms with Gasteiger partial charge < -0.3 is 4.74 Å². The zero-order valence-electron chi connectivity index (χ0n) is 10.4. The van der Waals surface area contributed by atoms with Crippen LogP contribution in [0.15, 0.2) is 54.6 Å². The third kappa shape index (κ3) is 2.13. The molecule has 1 heterocycles. The summed E-state index contributed by atoms with van der Waals surface area (Å²) in [6.07, 6.45) is 0. The molecule has 19 heavy (non-hydrogen) atoms. The van der Waals surface area contributed by atoms with Gasteiger partial charge in [-0.2, -0.15) is 0 Å². The quantitative estimate of drug-likeness (QED) is 0.667. The van der Waals surface area contributed by atoms with Crippen LogP contribution in [-0.4, -0.2) is 12.9 Å². The summed E-state index contributed by atoms with van der Waals surface area (Å²) < 4.78 is 6.37. The van der Waals surface area contributed by atoms with Crippen LogP contribution in [0.5, 0.6) is 5.75 Å². The molecule has 0 saturated carbocycles. The zero-order chi connectivity index (χ0) is 13.2. The van der Waals surface area contributed by atoms with E-state index in [9.17, 15) is 4.79 Å². The van der Waals surface area contributed by atoms with Crippen molar-refractivity contribution in [3.63, 3.8) is 0 Å². The molecule has 3 aromatic rings. The smallest absolute Gasteiger partial charge is 0.206 e. The van der Waals surface area contributed by atoms with E-state index in [0.717, 1.165) is 15.0 Å². The Kier molecular flexibility index (Phi) is 3.05. The van der Waals surface area contributed by atoms with Crippen molar-refractivity contribution >= 4 is 27.2 Å². The van der Waals surface area contributed by atoms with Gasteiger partial charge in [0.25, 0.3) is 0 Å². The van der Waals surface area contributed by atoms with E-state index in [-0.39, 0.29) is 5.78 Å². The maximum absolute atomic E-state index is 12.5. The first-order chi connectivity index (χ1) is 9.29. The van der Waals surface area contributed by atoms with Gasteiger partial charge in [-0.1, -0.05) is 30.3 Å². The lowest BCUT2D eigenvalue weighted by Crippen LogP contribution is -2.01. The summed E-state index contributed by atoms with van der Waals surface area (Å²) in [5, 5.41) is 1.10. The first-order valence-electron chi connectivity index (χ1n) is 5.96. The van der Waals surface area contributed by atoms with E-state index < -0.39 is 0 Å². The molecule has 3 heteroatoms. The van der Waals surface area contributed by atoms with Gasteiger partial charge >= 0.3 is 0 Å². The van der Waals surface area contributed by atoms with E-state index in [0.29, 0.717) is 11.3 Å². The number of fused-ring (bicyclic) bond motifs is 1. The normalized spacial score (nSPS) is 10.6. The molecule has 3 rings (SSSR count). The third-order valence-electron chi connectivity index (χ3n) is 3.00. The van der Waals surface area contributed by atoms with Crippen LogP contribution < -0.4 is 4.74 Å². The summed E-state index contributed by atoms with van der Waals surface area (Å²) in [6.45, 7) is 0. The molecule has 1 aromatic heterocycles. The number of thiophene rings is 1. The van der Waals surface area contributed by atoms with Crippen molar-refractivity contribution in [2.45, 2.75) is 0 Å². The molecule has 2 aromatic carbocycles. The Morgan fingerprint density at radius 2 is 1.79 bits per heavy atom. The molecule has 0 aliphatic carbocycles. The summed E-state index contributed by atoms with van der Waals surface area (Å²) in [5.41, 5.74) is 0.608. The minimum Gasteiger partial charge on any atom is -0.496 e. The summed E-state index contributed by atoms with van der Waals surface area (Å²) >= 11 is 1.51. The predicted molar refractivity (Wildman–Crippen MR) is 78.3 cm³/mol. The Balaban J connectivity index is 2.08. The zero-order valence-corrected chi connectivity index (χ0v) is 11.2. The lowest BCUT2D eigenvalue weighted by molar-refractivity contribution is 0.103. The van der Waals surface area contributed by atoms with Gasteiger partial charge in [-0.3, -0.25) is 4.79 Å². The Bertz CT molecular complexity index is 710. The molecular formula is C16H12O2S. The average molecular weight is 268 g/mol. The number of hydrogen-bond acceptors (Lipinski definition) is 3. The summed E-state index contributed by atoms with van der Waals surface area (Å²) in [4.78, 5) is 13.3. The molecule has 0 N–H and O–H groups in total. The number of benzene rings is 2. The number of carbonyl (C=O) groups excluding carboxylic acids is 1. The molecule has 0 bridgehead atoms. The minimum atomic E-state index is 0.0126. The summed E-state index contributed by atoms with van der Waals surface area (Å²) in [5.74, 6) is 0.628. The van der Waals surface area contributed by atoms with Gasteiger partial charge in [-0.05, 0) is 29.7 Å². The van der Waals surface area contributed by atoms with E-state index >= 15 is 0 Å². The number of hydrogen-bond donors (Lipinski definition) is 0. The fourth-order valence-electron chi connectivity index (χ4n) is 2.06. The largest absolute Gasteiger partial charge is 0.496 e. The van der Waals surface area contributed by atoms with Crippen molar-refractivity contribution < 1.29 is 9.53 Å². The highest BCUT2D eigenvalue weighted by Gasteiger charge is 2.16. The lowest BCUT2D eigenvalue weighted by Gasteiger charge is -2.05. The second-order valence-electron chi connectivity index (χ2n) is 4.18. The van der Waals surface area contributed by atoms with Crippen LogP contribution in [0.4, 0.5) is 0 Å². The maximum Gasteiger partial charge on any atom is 0.206 e. The SMILES string of the molecule is COc1ccccc1C(=O)c1cc2ccccc2s1. The number of methoxy groups -OCH3 is 1. The van der Waals surface area contributed by atoms with Crippen molar-refractivity contribution in [2.24, 2.45) is 0 Å². The van der Waals surface area contributed by atoms with Gasteiger partial charge in [-0.25, -0.2) is 0 Å². The van der Waals surface area contributed by atoms with E-state index in [1.54, 1.807) is 19.2 Å². The van der Waals surface area contributed by atoms with Gasteiger partial charge in [0.2, 0.25) is 5.78 Å². The van der Waals surface area contributed by atoms with Gasteiger partial charge in [0, 0.05) is 4.70 Å². The fraction of sp³-hybridized carbons (Fsp3) is 0.0625. The van der Waals surface area contributed by atoms with E-state index in [2.05, 4.69) is 0 Å². The average Bonchev–Trinajstić information content (AvgIpc) is 2.90. The van der Waals surface area contributed by atoms with Gasteiger partial charge in [0.1, 0.15) is 5.75 Å². The molecule has 0 aliphatic rings. The Labute approximate surface area is 115 Å². The molecule has 94 valence electrons. The highest BCUT2D eigenvalue weighted by Crippen LogP contribution is 2.29. The van der Waals surface area contributed by atoms with Gasteiger partial charge in [0.15, 0.2) is 0 Å². The van der Waals surface area contributed by atoms with Crippen LogP contribution >= 0.6 is 11.3 Å². The Hall–Kier alpha value is -2.13. The molecule has 0 spiro atoms. The van der Waals surface area contributed by atoms with E-state index in [1.807, 2.05) is 42.5 Å². The van der Waals surface area contributed by atoms with Crippen molar-refractivity contribution in [1.29, 1.82) is 0 Å². The molecular weight excluding hydrogens is 256 g/mol. The second-order valence-corrected chi connectivity index (χ2v) is 5.26. The molecule has 0 unspecified atom stereocenters. The number of ketones is 1. The summed E-state index contributed by atoms with van der Waals surface area (Å²) in [6, 6.07) is 17.3. The topological polar surface area (TPSA) is 26.3 Å². The van der Waals surface area contributed by atoms with Crippen molar-refractivity contribution in [2.75, 3.05) is 7.11 Å². The molecule has 0 atom stereocenters. The van der Waals surface area contributed by atoms with Crippen molar-refractivity contribution in [3.8, 4) is 5.75 Å². The first kappa shape index (κ1) is 11.9. The lowest BCUT2D eigenvalue weighted by atomic mass is 10.1. The first-order valence-corrected chi connectivity index (χ1v) is 6.77. The molecule has 2 nitrogen and oxygen atoms in total. The third-order valence-corrected chi connectivity index (χ3v) is 4.12. The maximum atomic E-state index is 12.5. The van der Waals surface area contributed by atoms with E-state index in [4.69, 9.17) is 4.74 Å². The van der Waals surface area contributed by atoms with Crippen LogP contribution in [0.1, 0.15) is 15.2 Å². The van der Waals surface area contributed by atoms with Crippen LogP contribution in [-0.2, 0) is 0 Å². The van der Waals surface area contributed by atoms with Crippen molar-refractivity contribution in [3.05, 3.63) is 65.0 Å². The standard InChI is InChI=1S/C16H12O2S/c1-18-13-8-4-3-7-12(13)16(17)15-10-11-6-2-5-9-14(11)19-15/h2-10H,1H3. The number of rotatable bonds is 3. The molecule has 0 saturated heterocycles. The number of carbonyl (C=O) groups is 1.